The van der Waals surface area contributed by atoms with E-state index in [4.69, 9.17) is 5.11 Å². The van der Waals surface area contributed by atoms with E-state index in [9.17, 15) is 0 Å². The normalized spacial score (nSPS) is 9.09. The van der Waals surface area contributed by atoms with Crippen LogP contribution in [-0.2, 0) is 0 Å². The fourth-order valence-corrected chi connectivity index (χ4v) is 0.842. The third-order valence-electron chi connectivity index (χ3n) is 1.40. The van der Waals surface area contributed by atoms with E-state index in [1.807, 2.05) is 0 Å². The van der Waals surface area contributed by atoms with E-state index in [0.717, 1.165) is 5.56 Å². The van der Waals surface area contributed by atoms with E-state index in [1.54, 1.807) is 24.3 Å². The van der Waals surface area contributed by atoms with Crippen molar-refractivity contribution in [3.8, 4) is 5.75 Å². The van der Waals surface area contributed by atoms with Gasteiger partial charge in [0, 0.05) is 6.07 Å². The topological polar surface area (TPSA) is 32.6 Å². The van der Waals surface area contributed by atoms with E-state index in [0.29, 0.717) is 5.69 Å². The molecule has 0 saturated carbocycles. The molecule has 1 rings (SSSR count). The Morgan fingerprint density at radius 3 is 2.73 bits per heavy atom. The maximum atomic E-state index is 9.04. The van der Waals surface area contributed by atoms with Crippen molar-refractivity contribution >= 4 is 18.5 Å². The number of rotatable bonds is 2. The lowest BCUT2D eigenvalue weighted by Gasteiger charge is -1.99. The molecule has 1 aromatic rings. The maximum Gasteiger partial charge on any atom is 0.117 e. The number of hydrogen-bond donors (Lipinski definition) is 1. The largest absolute Gasteiger partial charge is 0.508 e. The zero-order valence-electron chi connectivity index (χ0n) is 6.12. The van der Waals surface area contributed by atoms with Gasteiger partial charge >= 0.3 is 0 Å². The van der Waals surface area contributed by atoms with Gasteiger partial charge in [0.05, 0.1) is 5.69 Å². The van der Waals surface area contributed by atoms with Crippen LogP contribution >= 0.6 is 0 Å². The van der Waals surface area contributed by atoms with Crippen LogP contribution < -0.4 is 0 Å². The lowest BCUT2D eigenvalue weighted by molar-refractivity contribution is 0.475. The van der Waals surface area contributed by atoms with Crippen LogP contribution in [-0.4, -0.2) is 11.8 Å². The number of nitrogens with zero attached hydrogens (tertiary/aromatic N) is 1. The lowest BCUT2D eigenvalue weighted by atomic mass is 10.2. The Balaban J connectivity index is 3.26. The minimum absolute atomic E-state index is 0.193. The lowest BCUT2D eigenvalue weighted by Crippen LogP contribution is -1.72. The summed E-state index contributed by atoms with van der Waals surface area (Å²) < 4.78 is 0. The Hall–Kier alpha value is -1.57. The van der Waals surface area contributed by atoms with Crippen LogP contribution in [0.1, 0.15) is 5.56 Å². The Kier molecular flexibility index (Phi) is 2.06. The van der Waals surface area contributed by atoms with Gasteiger partial charge in [-0.2, -0.15) is 0 Å². The van der Waals surface area contributed by atoms with Gasteiger partial charge in [0.2, 0.25) is 0 Å². The SMILES string of the molecule is C=Cc1ccc(O)cc1N=C. The molecule has 0 spiro atoms. The highest BCUT2D eigenvalue weighted by Gasteiger charge is 1.96. The summed E-state index contributed by atoms with van der Waals surface area (Å²) in [7, 11) is 0. The zero-order valence-corrected chi connectivity index (χ0v) is 6.12. The summed E-state index contributed by atoms with van der Waals surface area (Å²) in [5.41, 5.74) is 1.53. The van der Waals surface area contributed by atoms with Crippen molar-refractivity contribution in [1.29, 1.82) is 0 Å². The van der Waals surface area contributed by atoms with Gasteiger partial charge in [-0.25, -0.2) is 0 Å². The Bertz CT molecular complexity index is 292. The van der Waals surface area contributed by atoms with Crippen molar-refractivity contribution in [3.05, 3.63) is 30.3 Å². The van der Waals surface area contributed by atoms with Gasteiger partial charge in [0.15, 0.2) is 0 Å². The van der Waals surface area contributed by atoms with Crippen LogP contribution in [0.15, 0.2) is 29.8 Å². The molecule has 1 aromatic carbocycles. The molecule has 0 unspecified atom stereocenters. The van der Waals surface area contributed by atoms with Gasteiger partial charge in [-0.05, 0) is 24.4 Å². The molecule has 0 bridgehead atoms. The van der Waals surface area contributed by atoms with Crippen LogP contribution in [0.3, 0.4) is 0 Å². The van der Waals surface area contributed by atoms with E-state index in [2.05, 4.69) is 18.3 Å². The van der Waals surface area contributed by atoms with Crippen molar-refractivity contribution in [3.63, 3.8) is 0 Å². The van der Waals surface area contributed by atoms with Crippen molar-refractivity contribution in [2.75, 3.05) is 0 Å². The standard InChI is InChI=1S/C9H9NO/c1-3-7-4-5-8(11)6-9(7)10-2/h3-6,11H,1-2H2. The average Bonchev–Trinajstić information content (AvgIpc) is 2.04. The fourth-order valence-electron chi connectivity index (χ4n) is 0.842. The van der Waals surface area contributed by atoms with Crippen LogP contribution in [0.4, 0.5) is 5.69 Å². The molecular formula is C9H9NO. The summed E-state index contributed by atoms with van der Waals surface area (Å²) in [6, 6.07) is 4.88. The second kappa shape index (κ2) is 3.01. The monoisotopic (exact) mass is 147 g/mol. The molecule has 0 aromatic heterocycles. The molecular weight excluding hydrogens is 138 g/mol. The number of benzene rings is 1. The summed E-state index contributed by atoms with van der Waals surface area (Å²) in [6.07, 6.45) is 1.67. The third-order valence-corrected chi connectivity index (χ3v) is 1.40. The smallest absolute Gasteiger partial charge is 0.117 e. The number of aliphatic imine (C=N–C) groups is 1. The molecule has 1 N–H and O–H groups in total. The Morgan fingerprint density at radius 1 is 1.45 bits per heavy atom. The number of aromatic hydroxyl groups is 1. The number of hydrogen-bond acceptors (Lipinski definition) is 2. The van der Waals surface area contributed by atoms with Crippen molar-refractivity contribution < 1.29 is 5.11 Å². The highest BCUT2D eigenvalue weighted by atomic mass is 16.3. The average molecular weight is 147 g/mol. The summed E-state index contributed by atoms with van der Waals surface area (Å²) in [6.45, 7) is 6.97. The quantitative estimate of drug-likeness (QED) is 0.640. The molecule has 0 atom stereocenters. The highest BCUT2D eigenvalue weighted by Crippen LogP contribution is 2.24. The summed E-state index contributed by atoms with van der Waals surface area (Å²) >= 11 is 0. The summed E-state index contributed by atoms with van der Waals surface area (Å²) in [5, 5.41) is 9.04. The molecule has 0 aliphatic heterocycles. The van der Waals surface area contributed by atoms with E-state index in [-0.39, 0.29) is 5.75 Å². The molecule has 0 radical (unpaired) electrons. The van der Waals surface area contributed by atoms with E-state index < -0.39 is 0 Å². The van der Waals surface area contributed by atoms with Gasteiger partial charge < -0.3 is 5.11 Å². The molecule has 56 valence electrons. The second-order valence-corrected chi connectivity index (χ2v) is 2.11. The number of phenolic OH excluding ortho intramolecular Hbond substituents is 1. The predicted octanol–water partition coefficient (Wildman–Crippen LogP) is 2.37. The van der Waals surface area contributed by atoms with Crippen LogP contribution in [0.25, 0.3) is 6.08 Å². The van der Waals surface area contributed by atoms with Crippen LogP contribution in [0, 0.1) is 0 Å². The molecule has 0 heterocycles. The number of phenols is 1. The van der Waals surface area contributed by atoms with E-state index in [1.165, 1.54) is 0 Å². The van der Waals surface area contributed by atoms with Crippen LogP contribution in [0.2, 0.25) is 0 Å². The molecule has 0 aliphatic rings. The van der Waals surface area contributed by atoms with Crippen LogP contribution in [0.5, 0.6) is 5.75 Å². The van der Waals surface area contributed by atoms with Crippen molar-refractivity contribution in [1.82, 2.24) is 0 Å². The van der Waals surface area contributed by atoms with Gasteiger partial charge in [0.25, 0.3) is 0 Å². The Morgan fingerprint density at radius 2 is 2.18 bits per heavy atom. The van der Waals surface area contributed by atoms with Gasteiger partial charge in [-0.15, -0.1) is 0 Å². The van der Waals surface area contributed by atoms with Crippen molar-refractivity contribution in [2.45, 2.75) is 0 Å². The highest BCUT2D eigenvalue weighted by molar-refractivity contribution is 5.66. The van der Waals surface area contributed by atoms with Gasteiger partial charge in [-0.3, -0.25) is 4.99 Å². The minimum atomic E-state index is 0.193. The molecule has 0 fully saturated rings. The first-order chi connectivity index (χ1) is 5.27. The van der Waals surface area contributed by atoms with Crippen molar-refractivity contribution in [2.24, 2.45) is 4.99 Å². The first-order valence-corrected chi connectivity index (χ1v) is 3.20. The molecule has 0 amide bonds. The molecule has 2 heteroatoms. The first-order valence-electron chi connectivity index (χ1n) is 3.20. The molecule has 0 saturated heterocycles. The van der Waals surface area contributed by atoms with Gasteiger partial charge in [-0.1, -0.05) is 12.7 Å². The molecule has 0 aliphatic carbocycles. The maximum absolute atomic E-state index is 9.04. The Labute approximate surface area is 65.5 Å². The molecule has 2 nitrogen and oxygen atoms in total. The fraction of sp³-hybridized carbons (Fsp3) is 0. The molecule has 11 heavy (non-hydrogen) atoms. The minimum Gasteiger partial charge on any atom is -0.508 e. The summed E-state index contributed by atoms with van der Waals surface area (Å²) in [5.74, 6) is 0.193. The van der Waals surface area contributed by atoms with E-state index >= 15 is 0 Å². The first kappa shape index (κ1) is 7.54. The zero-order chi connectivity index (χ0) is 8.27. The third kappa shape index (κ3) is 1.46. The van der Waals surface area contributed by atoms with Gasteiger partial charge in [0.1, 0.15) is 5.75 Å². The summed E-state index contributed by atoms with van der Waals surface area (Å²) in [4.78, 5) is 3.72. The predicted molar refractivity (Wildman–Crippen MR) is 47.4 cm³/mol. The second-order valence-electron chi connectivity index (χ2n) is 2.11.